The number of nitrogens with one attached hydrogen (secondary N) is 2. The highest BCUT2D eigenvalue weighted by molar-refractivity contribution is 5.52. The molecule has 0 aromatic carbocycles. The Bertz CT molecular complexity index is 60.7. The summed E-state index contributed by atoms with van der Waals surface area (Å²) in [6.07, 6.45) is 2.73. The summed E-state index contributed by atoms with van der Waals surface area (Å²) in [6.45, 7) is 3.04. The van der Waals surface area contributed by atoms with Crippen molar-refractivity contribution in [1.29, 1.82) is 0 Å². The Morgan fingerprint density at radius 2 is 2.38 bits per heavy atom. The van der Waals surface area contributed by atoms with E-state index in [2.05, 4.69) is 22.8 Å². The molecular formula is C5H13N3. The van der Waals surface area contributed by atoms with Crippen LogP contribution in [0.2, 0.25) is 0 Å². The highest BCUT2D eigenvalue weighted by Gasteiger charge is 1.70. The Morgan fingerprint density at radius 1 is 1.62 bits per heavy atom. The molecule has 0 aliphatic rings. The van der Waals surface area contributed by atoms with Crippen LogP contribution in [-0.4, -0.2) is 19.9 Å². The molecule has 0 unspecified atom stereocenters. The Kier molecular flexibility index (Phi) is 5.70. The Balaban J connectivity index is 2.80. The summed E-state index contributed by atoms with van der Waals surface area (Å²) in [4.78, 5) is 0. The second kappa shape index (κ2) is 6.27. The second-order valence-corrected chi connectivity index (χ2v) is 1.45. The summed E-state index contributed by atoms with van der Waals surface area (Å²) in [5.74, 6) is 0. The predicted molar refractivity (Wildman–Crippen MR) is 35.8 cm³/mol. The lowest BCUT2D eigenvalue weighted by Gasteiger charge is -1.92. The molecule has 0 saturated heterocycles. The van der Waals surface area contributed by atoms with Crippen LogP contribution < -0.4 is 10.7 Å². The van der Waals surface area contributed by atoms with Gasteiger partial charge in [0.2, 0.25) is 0 Å². The van der Waals surface area contributed by atoms with Gasteiger partial charge >= 0.3 is 0 Å². The molecular weight excluding hydrogens is 102 g/mol. The molecule has 0 aromatic rings. The maximum Gasteiger partial charge on any atom is 0.108 e. The topological polar surface area (TPSA) is 36.4 Å². The van der Waals surface area contributed by atoms with Gasteiger partial charge in [-0.1, -0.05) is 6.92 Å². The van der Waals surface area contributed by atoms with Crippen LogP contribution in [0.25, 0.3) is 0 Å². The van der Waals surface area contributed by atoms with E-state index >= 15 is 0 Å². The van der Waals surface area contributed by atoms with Crippen LogP contribution in [0.15, 0.2) is 5.10 Å². The maximum atomic E-state index is 3.79. The van der Waals surface area contributed by atoms with Gasteiger partial charge < -0.3 is 10.7 Å². The average molecular weight is 115 g/mol. The highest BCUT2D eigenvalue weighted by atomic mass is 15.3. The lowest BCUT2D eigenvalue weighted by Crippen LogP contribution is -2.10. The molecule has 0 aliphatic heterocycles. The van der Waals surface area contributed by atoms with Crippen LogP contribution in [0.3, 0.4) is 0 Å². The molecule has 0 aromatic heterocycles. The van der Waals surface area contributed by atoms with Crippen molar-refractivity contribution in [2.24, 2.45) is 5.10 Å². The third-order valence-electron chi connectivity index (χ3n) is 0.647. The van der Waals surface area contributed by atoms with Crippen LogP contribution >= 0.6 is 0 Å². The zero-order chi connectivity index (χ0) is 6.24. The van der Waals surface area contributed by atoms with Gasteiger partial charge in [-0.25, -0.2) is 0 Å². The first-order chi connectivity index (χ1) is 3.91. The van der Waals surface area contributed by atoms with E-state index in [1.165, 1.54) is 0 Å². The molecule has 48 valence electrons. The molecule has 2 N–H and O–H groups in total. The predicted octanol–water partition coefficient (Wildman–Crippen LogP) is 0.149. The quantitative estimate of drug-likeness (QED) is 0.237. The van der Waals surface area contributed by atoms with Gasteiger partial charge in [0, 0.05) is 13.6 Å². The number of hydrazone groups is 1. The Labute approximate surface area is 50.2 Å². The van der Waals surface area contributed by atoms with E-state index in [1.54, 1.807) is 6.34 Å². The van der Waals surface area contributed by atoms with Crippen LogP contribution in [0.1, 0.15) is 13.3 Å². The molecule has 0 rings (SSSR count). The van der Waals surface area contributed by atoms with Crippen LogP contribution in [-0.2, 0) is 0 Å². The van der Waals surface area contributed by atoms with Gasteiger partial charge in [-0.05, 0) is 6.42 Å². The minimum Gasteiger partial charge on any atom is -0.378 e. The zero-order valence-electron chi connectivity index (χ0n) is 5.44. The number of rotatable bonds is 4. The Hall–Kier alpha value is -0.730. The largest absolute Gasteiger partial charge is 0.378 e. The summed E-state index contributed by atoms with van der Waals surface area (Å²) in [5, 5.41) is 6.57. The molecule has 8 heavy (non-hydrogen) atoms. The van der Waals surface area contributed by atoms with Gasteiger partial charge in [0.1, 0.15) is 6.34 Å². The van der Waals surface area contributed by atoms with Crippen LogP contribution in [0.4, 0.5) is 0 Å². The van der Waals surface area contributed by atoms with Crippen LogP contribution in [0.5, 0.6) is 0 Å². The standard InChI is InChI=1S/C5H13N3/c1-3-4-7-8-5-6-2/h5,7H,3-4H2,1-2H3,(H,6,8). The number of hydrogen-bond acceptors (Lipinski definition) is 2. The third kappa shape index (κ3) is 5.27. The smallest absolute Gasteiger partial charge is 0.108 e. The normalized spacial score (nSPS) is 9.75. The molecule has 0 spiro atoms. The molecule has 0 saturated carbocycles. The minimum atomic E-state index is 0.943. The third-order valence-corrected chi connectivity index (χ3v) is 0.647. The lowest BCUT2D eigenvalue weighted by atomic mass is 10.5. The monoisotopic (exact) mass is 115 g/mol. The average Bonchev–Trinajstić information content (AvgIpc) is 1.81. The first kappa shape index (κ1) is 7.27. The van der Waals surface area contributed by atoms with E-state index in [4.69, 9.17) is 0 Å². The van der Waals surface area contributed by atoms with E-state index in [0.29, 0.717) is 0 Å². The summed E-state index contributed by atoms with van der Waals surface area (Å²) >= 11 is 0. The SMILES string of the molecule is CCCN/N=C\NC. The van der Waals surface area contributed by atoms with Crippen LogP contribution in [0, 0.1) is 0 Å². The van der Waals surface area contributed by atoms with Crippen molar-refractivity contribution in [2.75, 3.05) is 13.6 Å². The van der Waals surface area contributed by atoms with E-state index in [1.807, 2.05) is 7.05 Å². The van der Waals surface area contributed by atoms with Gasteiger partial charge in [0.25, 0.3) is 0 Å². The maximum absolute atomic E-state index is 3.79. The van der Waals surface area contributed by atoms with Crippen molar-refractivity contribution in [2.45, 2.75) is 13.3 Å². The molecule has 0 fully saturated rings. The van der Waals surface area contributed by atoms with E-state index in [9.17, 15) is 0 Å². The lowest BCUT2D eigenvalue weighted by molar-refractivity contribution is 0.716. The van der Waals surface area contributed by atoms with Crippen molar-refractivity contribution in [1.82, 2.24) is 10.7 Å². The number of hydrogen-bond donors (Lipinski definition) is 2. The van der Waals surface area contributed by atoms with Crippen molar-refractivity contribution >= 4 is 6.34 Å². The Morgan fingerprint density at radius 3 is 2.88 bits per heavy atom. The molecule has 0 aliphatic carbocycles. The number of nitrogens with zero attached hydrogens (tertiary/aromatic N) is 1. The molecule has 0 bridgehead atoms. The van der Waals surface area contributed by atoms with E-state index in [-0.39, 0.29) is 0 Å². The van der Waals surface area contributed by atoms with Crippen molar-refractivity contribution < 1.29 is 0 Å². The first-order valence-corrected chi connectivity index (χ1v) is 2.83. The van der Waals surface area contributed by atoms with Gasteiger partial charge in [0.15, 0.2) is 0 Å². The summed E-state index contributed by atoms with van der Waals surface area (Å²) in [7, 11) is 1.82. The van der Waals surface area contributed by atoms with Gasteiger partial charge in [-0.15, -0.1) is 0 Å². The summed E-state index contributed by atoms with van der Waals surface area (Å²) < 4.78 is 0. The fraction of sp³-hybridized carbons (Fsp3) is 0.800. The minimum absolute atomic E-state index is 0.943. The fourth-order valence-electron chi connectivity index (χ4n) is 0.287. The van der Waals surface area contributed by atoms with Gasteiger partial charge in [0.05, 0.1) is 0 Å². The molecule has 0 atom stereocenters. The molecule has 0 radical (unpaired) electrons. The molecule has 3 heteroatoms. The molecule has 3 nitrogen and oxygen atoms in total. The van der Waals surface area contributed by atoms with Crippen molar-refractivity contribution in [3.05, 3.63) is 0 Å². The van der Waals surface area contributed by atoms with E-state index < -0.39 is 0 Å². The second-order valence-electron chi connectivity index (χ2n) is 1.45. The zero-order valence-corrected chi connectivity index (χ0v) is 5.44. The van der Waals surface area contributed by atoms with Crippen molar-refractivity contribution in [3.63, 3.8) is 0 Å². The van der Waals surface area contributed by atoms with Crippen molar-refractivity contribution in [3.8, 4) is 0 Å². The summed E-state index contributed by atoms with van der Waals surface area (Å²) in [6, 6.07) is 0. The van der Waals surface area contributed by atoms with Gasteiger partial charge in [-0.2, -0.15) is 5.10 Å². The first-order valence-electron chi connectivity index (χ1n) is 2.83. The van der Waals surface area contributed by atoms with E-state index in [0.717, 1.165) is 13.0 Å². The fourth-order valence-corrected chi connectivity index (χ4v) is 0.287. The molecule has 0 amide bonds. The summed E-state index contributed by atoms with van der Waals surface area (Å²) in [5.41, 5.74) is 2.84. The van der Waals surface area contributed by atoms with Gasteiger partial charge in [-0.3, -0.25) is 0 Å². The highest BCUT2D eigenvalue weighted by Crippen LogP contribution is 1.66. The molecule has 0 heterocycles.